The van der Waals surface area contributed by atoms with Crippen LogP contribution in [0.3, 0.4) is 0 Å². The van der Waals surface area contributed by atoms with Crippen molar-refractivity contribution in [3.8, 4) is 0 Å². The second-order valence-corrected chi connectivity index (χ2v) is 2.45. The lowest BCUT2D eigenvalue weighted by Crippen LogP contribution is -1.84. The Hall–Kier alpha value is -0.730. The molecule has 0 atom stereocenters. The first-order valence-electron chi connectivity index (χ1n) is 4.03. The molecule has 0 amide bonds. The van der Waals surface area contributed by atoms with Crippen LogP contribution < -0.4 is 0 Å². The minimum Gasteiger partial charge on any atom is -0.396 e. The smallest absolute Gasteiger partial charge is 0.0431 e. The van der Waals surface area contributed by atoms with Gasteiger partial charge >= 0.3 is 0 Å². The largest absolute Gasteiger partial charge is 0.396 e. The van der Waals surface area contributed by atoms with E-state index in [-0.39, 0.29) is 6.61 Å². The monoisotopic (exact) mass is 157 g/mol. The topological polar surface area (TPSA) is 69.0 Å². The number of azide groups is 1. The van der Waals surface area contributed by atoms with Crippen molar-refractivity contribution in [1.82, 2.24) is 0 Å². The second-order valence-electron chi connectivity index (χ2n) is 2.45. The number of aliphatic hydroxyl groups excluding tert-OH is 1. The van der Waals surface area contributed by atoms with Gasteiger partial charge in [-0.2, -0.15) is 0 Å². The Morgan fingerprint density at radius 2 is 1.73 bits per heavy atom. The summed E-state index contributed by atoms with van der Waals surface area (Å²) in [6.07, 6.45) is 5.16. The first-order valence-corrected chi connectivity index (χ1v) is 4.03. The van der Waals surface area contributed by atoms with Crippen LogP contribution in [0.4, 0.5) is 0 Å². The summed E-state index contributed by atoms with van der Waals surface area (Å²) in [6, 6.07) is 0. The van der Waals surface area contributed by atoms with Crippen molar-refractivity contribution < 1.29 is 5.11 Å². The third-order valence-electron chi connectivity index (χ3n) is 1.48. The average molecular weight is 157 g/mol. The van der Waals surface area contributed by atoms with Crippen molar-refractivity contribution in [1.29, 1.82) is 0 Å². The summed E-state index contributed by atoms with van der Waals surface area (Å²) < 4.78 is 0. The standard InChI is InChI=1S/C7H15N3O/c8-10-9-6-4-2-1-3-5-7-11/h11H,1-7H2. The molecule has 0 aliphatic carbocycles. The normalized spacial score (nSPS) is 9.18. The minimum atomic E-state index is 0.288. The summed E-state index contributed by atoms with van der Waals surface area (Å²) in [4.78, 5) is 2.65. The number of rotatable bonds is 7. The summed E-state index contributed by atoms with van der Waals surface area (Å²) in [7, 11) is 0. The van der Waals surface area contributed by atoms with Crippen LogP contribution in [0.2, 0.25) is 0 Å². The van der Waals surface area contributed by atoms with E-state index in [1.807, 2.05) is 0 Å². The molecular weight excluding hydrogens is 142 g/mol. The maximum absolute atomic E-state index is 8.44. The first-order chi connectivity index (χ1) is 5.41. The lowest BCUT2D eigenvalue weighted by molar-refractivity contribution is 0.282. The van der Waals surface area contributed by atoms with Gasteiger partial charge in [0.1, 0.15) is 0 Å². The van der Waals surface area contributed by atoms with Gasteiger partial charge in [0.05, 0.1) is 0 Å². The summed E-state index contributed by atoms with van der Waals surface area (Å²) in [5, 5.41) is 11.9. The Morgan fingerprint density at radius 1 is 1.09 bits per heavy atom. The SMILES string of the molecule is [N-]=[N+]=NCCCCCCCO. The Balaban J connectivity index is 2.84. The van der Waals surface area contributed by atoms with Crippen molar-refractivity contribution in [3.63, 3.8) is 0 Å². The Bertz CT molecular complexity index is 121. The fraction of sp³-hybridized carbons (Fsp3) is 1.00. The number of hydrogen-bond acceptors (Lipinski definition) is 2. The highest BCUT2D eigenvalue weighted by molar-refractivity contribution is 4.48. The van der Waals surface area contributed by atoms with Gasteiger partial charge in [-0.1, -0.05) is 24.4 Å². The van der Waals surface area contributed by atoms with Gasteiger partial charge in [-0.25, -0.2) is 0 Å². The van der Waals surface area contributed by atoms with Crippen LogP contribution in [0.15, 0.2) is 5.11 Å². The number of hydrogen-bond donors (Lipinski definition) is 1. The van der Waals surface area contributed by atoms with Gasteiger partial charge in [-0.05, 0) is 18.4 Å². The van der Waals surface area contributed by atoms with Crippen molar-refractivity contribution >= 4 is 0 Å². The third kappa shape index (κ3) is 9.27. The molecule has 0 unspecified atom stereocenters. The van der Waals surface area contributed by atoms with Crippen molar-refractivity contribution in [2.45, 2.75) is 32.1 Å². The molecule has 0 aromatic heterocycles. The maximum Gasteiger partial charge on any atom is 0.0431 e. The highest BCUT2D eigenvalue weighted by atomic mass is 16.2. The van der Waals surface area contributed by atoms with Gasteiger partial charge in [0.25, 0.3) is 0 Å². The summed E-state index contributed by atoms with van der Waals surface area (Å²) in [5.74, 6) is 0. The zero-order valence-electron chi connectivity index (χ0n) is 6.74. The van der Waals surface area contributed by atoms with Crippen LogP contribution in [0.25, 0.3) is 10.4 Å². The van der Waals surface area contributed by atoms with Gasteiger partial charge in [0.2, 0.25) is 0 Å². The fourth-order valence-corrected chi connectivity index (χ4v) is 0.869. The summed E-state index contributed by atoms with van der Waals surface area (Å²) in [6.45, 7) is 0.895. The quantitative estimate of drug-likeness (QED) is 0.262. The van der Waals surface area contributed by atoms with Gasteiger partial charge in [0, 0.05) is 18.1 Å². The zero-order chi connectivity index (χ0) is 8.36. The molecule has 4 nitrogen and oxygen atoms in total. The molecule has 0 saturated carbocycles. The summed E-state index contributed by atoms with van der Waals surface area (Å²) >= 11 is 0. The van der Waals surface area contributed by atoms with Crippen LogP contribution >= 0.6 is 0 Å². The lowest BCUT2D eigenvalue weighted by atomic mass is 10.1. The van der Waals surface area contributed by atoms with Gasteiger partial charge in [-0.3, -0.25) is 0 Å². The molecule has 0 heterocycles. The van der Waals surface area contributed by atoms with E-state index in [0.29, 0.717) is 6.54 Å². The molecule has 1 N–H and O–H groups in total. The van der Waals surface area contributed by atoms with E-state index in [4.69, 9.17) is 10.6 Å². The summed E-state index contributed by atoms with van der Waals surface area (Å²) in [5.41, 5.74) is 7.93. The molecule has 0 bridgehead atoms. The lowest BCUT2D eigenvalue weighted by Gasteiger charge is -1.95. The molecule has 0 aliphatic heterocycles. The Morgan fingerprint density at radius 3 is 2.36 bits per heavy atom. The molecule has 0 aromatic carbocycles. The predicted molar refractivity (Wildman–Crippen MR) is 44.2 cm³/mol. The molecule has 0 aromatic rings. The molecule has 0 saturated heterocycles. The first kappa shape index (κ1) is 10.3. The van der Waals surface area contributed by atoms with Gasteiger partial charge in [-0.15, -0.1) is 0 Å². The van der Waals surface area contributed by atoms with Gasteiger partial charge < -0.3 is 5.11 Å². The van der Waals surface area contributed by atoms with Crippen LogP contribution in [0, 0.1) is 0 Å². The van der Waals surface area contributed by atoms with Crippen molar-refractivity contribution in [3.05, 3.63) is 10.4 Å². The van der Waals surface area contributed by atoms with E-state index >= 15 is 0 Å². The van der Waals surface area contributed by atoms with E-state index in [1.54, 1.807) is 0 Å². The van der Waals surface area contributed by atoms with Crippen LogP contribution in [-0.4, -0.2) is 18.3 Å². The minimum absolute atomic E-state index is 0.288. The number of unbranched alkanes of at least 4 members (excludes halogenated alkanes) is 4. The predicted octanol–water partition coefficient (Wildman–Crippen LogP) is 2.24. The molecule has 4 heteroatoms. The van der Waals surface area contributed by atoms with E-state index in [0.717, 1.165) is 32.1 Å². The fourth-order valence-electron chi connectivity index (χ4n) is 0.869. The van der Waals surface area contributed by atoms with Crippen LogP contribution in [0.1, 0.15) is 32.1 Å². The maximum atomic E-state index is 8.44. The molecule has 0 radical (unpaired) electrons. The van der Waals surface area contributed by atoms with Crippen LogP contribution in [-0.2, 0) is 0 Å². The molecule has 0 rings (SSSR count). The van der Waals surface area contributed by atoms with E-state index < -0.39 is 0 Å². The van der Waals surface area contributed by atoms with Gasteiger partial charge in [0.15, 0.2) is 0 Å². The van der Waals surface area contributed by atoms with E-state index in [9.17, 15) is 0 Å². The third-order valence-corrected chi connectivity index (χ3v) is 1.48. The average Bonchev–Trinajstić information content (AvgIpc) is 2.03. The van der Waals surface area contributed by atoms with E-state index in [1.165, 1.54) is 0 Å². The van der Waals surface area contributed by atoms with Crippen molar-refractivity contribution in [2.24, 2.45) is 5.11 Å². The second kappa shape index (κ2) is 9.27. The number of nitrogens with zero attached hydrogens (tertiary/aromatic N) is 3. The Kier molecular flexibility index (Phi) is 8.65. The highest BCUT2D eigenvalue weighted by Crippen LogP contribution is 2.02. The molecular formula is C7H15N3O. The highest BCUT2D eigenvalue weighted by Gasteiger charge is 1.87. The molecule has 0 aliphatic rings. The van der Waals surface area contributed by atoms with Crippen LogP contribution in [0.5, 0.6) is 0 Å². The molecule has 64 valence electrons. The van der Waals surface area contributed by atoms with Crippen molar-refractivity contribution in [2.75, 3.05) is 13.2 Å². The molecule has 0 fully saturated rings. The Labute approximate surface area is 66.9 Å². The zero-order valence-corrected chi connectivity index (χ0v) is 6.74. The molecule has 0 spiro atoms. The van der Waals surface area contributed by atoms with E-state index in [2.05, 4.69) is 10.0 Å². The number of aliphatic hydroxyl groups is 1. The molecule has 11 heavy (non-hydrogen) atoms.